The summed E-state index contributed by atoms with van der Waals surface area (Å²) in [4.78, 5) is 4.07. The number of nitrogens with one attached hydrogen (secondary N) is 1. The summed E-state index contributed by atoms with van der Waals surface area (Å²) in [5.41, 5.74) is 2.39. The van der Waals surface area contributed by atoms with Gasteiger partial charge in [0.05, 0.1) is 18.2 Å². The number of ether oxygens (including phenoxy) is 1. The molecule has 4 nitrogen and oxygen atoms in total. The minimum atomic E-state index is 0.501. The maximum Gasteiger partial charge on any atom is 0.130 e. The fourth-order valence-corrected chi connectivity index (χ4v) is 2.18. The Morgan fingerprint density at radius 1 is 1.30 bits per heavy atom. The van der Waals surface area contributed by atoms with Crippen LogP contribution in [-0.2, 0) is 20.1 Å². The minimum Gasteiger partial charge on any atom is -0.487 e. The molecule has 0 aliphatic rings. The molecule has 20 heavy (non-hydrogen) atoms. The standard InChI is InChI=1S/C16H23N3O/c1-4-18-13(2)9-14-5-7-16(8-6-14)20-11-15-10-17-12-19(15)3/h5-8,10,12-13,18H,4,9,11H2,1-3H3. The van der Waals surface area contributed by atoms with E-state index in [1.807, 2.05) is 29.9 Å². The molecule has 1 N–H and O–H groups in total. The first-order valence-electron chi connectivity index (χ1n) is 7.09. The highest BCUT2D eigenvalue weighted by atomic mass is 16.5. The lowest BCUT2D eigenvalue weighted by Gasteiger charge is -2.12. The van der Waals surface area contributed by atoms with Crippen molar-refractivity contribution in [3.8, 4) is 5.75 Å². The van der Waals surface area contributed by atoms with Crippen molar-refractivity contribution in [1.82, 2.24) is 14.9 Å². The second-order valence-corrected chi connectivity index (χ2v) is 5.09. The van der Waals surface area contributed by atoms with Gasteiger partial charge in [-0.05, 0) is 37.6 Å². The SMILES string of the molecule is CCNC(C)Cc1ccc(OCc2cncn2C)cc1. The Balaban J connectivity index is 1.87. The van der Waals surface area contributed by atoms with Gasteiger partial charge in [0.15, 0.2) is 0 Å². The van der Waals surface area contributed by atoms with E-state index in [9.17, 15) is 0 Å². The third-order valence-corrected chi connectivity index (χ3v) is 3.32. The highest BCUT2D eigenvalue weighted by Gasteiger charge is 2.03. The lowest BCUT2D eigenvalue weighted by molar-refractivity contribution is 0.297. The van der Waals surface area contributed by atoms with Crippen LogP contribution >= 0.6 is 0 Å². The largest absolute Gasteiger partial charge is 0.487 e. The molecule has 4 heteroatoms. The average Bonchev–Trinajstić information content (AvgIpc) is 2.84. The quantitative estimate of drug-likeness (QED) is 0.842. The molecule has 2 rings (SSSR count). The highest BCUT2D eigenvalue weighted by Crippen LogP contribution is 2.15. The van der Waals surface area contributed by atoms with Gasteiger partial charge >= 0.3 is 0 Å². The fraction of sp³-hybridized carbons (Fsp3) is 0.438. The molecule has 0 amide bonds. The normalized spacial score (nSPS) is 12.3. The van der Waals surface area contributed by atoms with Crippen molar-refractivity contribution < 1.29 is 4.74 Å². The van der Waals surface area contributed by atoms with Gasteiger partial charge < -0.3 is 14.6 Å². The number of rotatable bonds is 7. The van der Waals surface area contributed by atoms with E-state index in [1.54, 1.807) is 6.33 Å². The molecule has 1 aromatic carbocycles. The second kappa shape index (κ2) is 7.10. The van der Waals surface area contributed by atoms with Gasteiger partial charge in [-0.1, -0.05) is 19.1 Å². The van der Waals surface area contributed by atoms with Crippen LogP contribution < -0.4 is 10.1 Å². The predicted molar refractivity (Wildman–Crippen MR) is 80.8 cm³/mol. The molecular formula is C16H23N3O. The van der Waals surface area contributed by atoms with E-state index < -0.39 is 0 Å². The molecule has 1 unspecified atom stereocenters. The summed E-state index contributed by atoms with van der Waals surface area (Å²) in [6.45, 7) is 5.89. The molecule has 0 saturated carbocycles. The van der Waals surface area contributed by atoms with Crippen LogP contribution in [0.15, 0.2) is 36.8 Å². The number of hydrogen-bond donors (Lipinski definition) is 1. The van der Waals surface area contributed by atoms with Gasteiger partial charge in [-0.25, -0.2) is 4.98 Å². The van der Waals surface area contributed by atoms with E-state index in [0.29, 0.717) is 12.6 Å². The van der Waals surface area contributed by atoms with Gasteiger partial charge in [0.25, 0.3) is 0 Å². The molecule has 0 spiro atoms. The van der Waals surface area contributed by atoms with Crippen LogP contribution in [0.25, 0.3) is 0 Å². The highest BCUT2D eigenvalue weighted by molar-refractivity contribution is 5.27. The summed E-state index contributed by atoms with van der Waals surface area (Å²) in [7, 11) is 1.97. The van der Waals surface area contributed by atoms with Crippen molar-refractivity contribution in [2.24, 2.45) is 7.05 Å². The summed E-state index contributed by atoms with van der Waals surface area (Å²) in [6.07, 6.45) is 4.65. The number of imidazole rings is 1. The van der Waals surface area contributed by atoms with Crippen LogP contribution in [0.2, 0.25) is 0 Å². The summed E-state index contributed by atoms with van der Waals surface area (Å²) in [6, 6.07) is 8.83. The first kappa shape index (κ1) is 14.6. The molecule has 0 bridgehead atoms. The van der Waals surface area contributed by atoms with Gasteiger partial charge in [0.1, 0.15) is 12.4 Å². The van der Waals surface area contributed by atoms with Gasteiger partial charge in [-0.15, -0.1) is 0 Å². The Morgan fingerprint density at radius 3 is 2.65 bits per heavy atom. The third-order valence-electron chi connectivity index (χ3n) is 3.32. The molecule has 0 aliphatic heterocycles. The van der Waals surface area contributed by atoms with Crippen LogP contribution in [0, 0.1) is 0 Å². The Morgan fingerprint density at radius 2 is 2.05 bits per heavy atom. The van der Waals surface area contributed by atoms with E-state index in [2.05, 4.69) is 36.3 Å². The van der Waals surface area contributed by atoms with Crippen molar-refractivity contribution >= 4 is 0 Å². The molecule has 0 saturated heterocycles. The summed E-state index contributed by atoms with van der Waals surface area (Å²) in [5, 5.41) is 3.42. The summed E-state index contributed by atoms with van der Waals surface area (Å²) in [5.74, 6) is 0.894. The number of aryl methyl sites for hydroxylation is 1. The molecule has 0 aliphatic carbocycles. The topological polar surface area (TPSA) is 39.1 Å². The maximum absolute atomic E-state index is 5.76. The third kappa shape index (κ3) is 4.10. The number of nitrogens with zero attached hydrogens (tertiary/aromatic N) is 2. The van der Waals surface area contributed by atoms with Gasteiger partial charge in [0.2, 0.25) is 0 Å². The molecular weight excluding hydrogens is 250 g/mol. The lowest BCUT2D eigenvalue weighted by atomic mass is 10.1. The van der Waals surface area contributed by atoms with E-state index in [0.717, 1.165) is 24.4 Å². The Kier molecular flexibility index (Phi) is 5.18. The number of benzene rings is 1. The van der Waals surface area contributed by atoms with E-state index >= 15 is 0 Å². The maximum atomic E-state index is 5.76. The molecule has 108 valence electrons. The number of likely N-dealkylation sites (N-methyl/N-ethyl adjacent to an activating group) is 1. The van der Waals surface area contributed by atoms with Gasteiger partial charge in [-0.2, -0.15) is 0 Å². The van der Waals surface area contributed by atoms with Crippen LogP contribution in [0.5, 0.6) is 5.75 Å². The first-order valence-corrected chi connectivity index (χ1v) is 7.09. The lowest BCUT2D eigenvalue weighted by Crippen LogP contribution is -2.27. The van der Waals surface area contributed by atoms with Crippen LogP contribution in [0.1, 0.15) is 25.1 Å². The number of hydrogen-bond acceptors (Lipinski definition) is 3. The van der Waals surface area contributed by atoms with Crippen molar-refractivity contribution in [1.29, 1.82) is 0 Å². The molecule has 1 atom stereocenters. The smallest absolute Gasteiger partial charge is 0.130 e. The molecule has 1 heterocycles. The molecule has 2 aromatic rings. The van der Waals surface area contributed by atoms with E-state index in [1.165, 1.54) is 5.56 Å². The first-order chi connectivity index (χ1) is 9.69. The van der Waals surface area contributed by atoms with E-state index in [4.69, 9.17) is 4.74 Å². The Bertz CT molecular complexity index is 519. The second-order valence-electron chi connectivity index (χ2n) is 5.09. The summed E-state index contributed by atoms with van der Waals surface area (Å²) >= 11 is 0. The average molecular weight is 273 g/mol. The Labute approximate surface area is 120 Å². The van der Waals surface area contributed by atoms with E-state index in [-0.39, 0.29) is 0 Å². The zero-order valence-electron chi connectivity index (χ0n) is 12.5. The zero-order valence-corrected chi connectivity index (χ0v) is 12.5. The van der Waals surface area contributed by atoms with Crippen LogP contribution in [-0.4, -0.2) is 22.1 Å². The zero-order chi connectivity index (χ0) is 14.4. The predicted octanol–water partition coefficient (Wildman–Crippen LogP) is 2.54. The Hall–Kier alpha value is -1.81. The monoisotopic (exact) mass is 273 g/mol. The van der Waals surface area contributed by atoms with Crippen molar-refractivity contribution in [3.63, 3.8) is 0 Å². The van der Waals surface area contributed by atoms with Gasteiger partial charge in [-0.3, -0.25) is 0 Å². The van der Waals surface area contributed by atoms with Gasteiger partial charge in [0, 0.05) is 13.1 Å². The summed E-state index contributed by atoms with van der Waals surface area (Å²) < 4.78 is 7.73. The van der Waals surface area contributed by atoms with Crippen molar-refractivity contribution in [2.45, 2.75) is 32.9 Å². The minimum absolute atomic E-state index is 0.501. The van der Waals surface area contributed by atoms with Crippen LogP contribution in [0.3, 0.4) is 0 Å². The fourth-order valence-electron chi connectivity index (χ4n) is 2.18. The van der Waals surface area contributed by atoms with Crippen molar-refractivity contribution in [2.75, 3.05) is 6.54 Å². The molecule has 1 aromatic heterocycles. The molecule has 0 fully saturated rings. The molecule has 0 radical (unpaired) electrons. The van der Waals surface area contributed by atoms with Crippen molar-refractivity contribution in [3.05, 3.63) is 48.0 Å². The van der Waals surface area contributed by atoms with Crippen LogP contribution in [0.4, 0.5) is 0 Å². The number of aromatic nitrogens is 2.